The van der Waals surface area contributed by atoms with E-state index in [0.29, 0.717) is 13.0 Å². The molecule has 3 aromatic carbocycles. The third-order valence-electron chi connectivity index (χ3n) is 6.41. The van der Waals surface area contributed by atoms with E-state index in [-0.39, 0.29) is 11.9 Å². The number of rotatable bonds is 8. The van der Waals surface area contributed by atoms with E-state index in [4.69, 9.17) is 4.74 Å². The molecule has 1 heterocycles. The first-order valence-corrected chi connectivity index (χ1v) is 11.5. The third-order valence-corrected chi connectivity index (χ3v) is 6.41. The molecule has 0 radical (unpaired) electrons. The lowest BCUT2D eigenvalue weighted by Gasteiger charge is -2.36. The molecule has 0 aliphatic carbocycles. The van der Waals surface area contributed by atoms with Gasteiger partial charge in [0.1, 0.15) is 5.75 Å². The summed E-state index contributed by atoms with van der Waals surface area (Å²) in [5.74, 6) is 0.832. The van der Waals surface area contributed by atoms with Gasteiger partial charge in [0.05, 0.1) is 19.6 Å². The highest BCUT2D eigenvalue weighted by atomic mass is 16.5. The minimum absolute atomic E-state index is 0.0347. The lowest BCUT2D eigenvalue weighted by atomic mass is 9.96. The zero-order chi connectivity index (χ0) is 23.2. The van der Waals surface area contributed by atoms with Gasteiger partial charge in [0.25, 0.3) is 0 Å². The molecular formula is C28H33N3O2. The van der Waals surface area contributed by atoms with Gasteiger partial charge in [0.15, 0.2) is 0 Å². The zero-order valence-electron chi connectivity index (χ0n) is 19.8. The molecule has 1 aliphatic heterocycles. The van der Waals surface area contributed by atoms with Crippen molar-refractivity contribution in [3.8, 4) is 5.75 Å². The molecule has 4 rings (SSSR count). The molecule has 5 nitrogen and oxygen atoms in total. The van der Waals surface area contributed by atoms with Gasteiger partial charge in [-0.1, -0.05) is 48.5 Å². The van der Waals surface area contributed by atoms with Crippen LogP contribution in [0.15, 0.2) is 72.8 Å². The quantitative estimate of drug-likeness (QED) is 0.566. The van der Waals surface area contributed by atoms with Crippen LogP contribution in [0.2, 0.25) is 0 Å². The van der Waals surface area contributed by atoms with Gasteiger partial charge in [-0.2, -0.15) is 0 Å². The number of hydrogen-bond donors (Lipinski definition) is 1. The minimum atomic E-state index is 0.0347. The maximum Gasteiger partial charge on any atom is 0.224 e. The number of carbonyl (C=O) groups is 1. The second-order valence-corrected chi connectivity index (χ2v) is 8.82. The summed E-state index contributed by atoms with van der Waals surface area (Å²) in [5, 5.41) is 3.19. The first-order valence-electron chi connectivity index (χ1n) is 11.5. The largest absolute Gasteiger partial charge is 0.497 e. The smallest absolute Gasteiger partial charge is 0.224 e. The monoisotopic (exact) mass is 443 g/mol. The molecule has 3 aromatic rings. The van der Waals surface area contributed by atoms with Gasteiger partial charge in [-0.05, 0) is 52.9 Å². The van der Waals surface area contributed by atoms with Crippen molar-refractivity contribution in [1.82, 2.24) is 10.2 Å². The fourth-order valence-electron chi connectivity index (χ4n) is 4.44. The van der Waals surface area contributed by atoms with Gasteiger partial charge < -0.3 is 15.0 Å². The lowest BCUT2D eigenvalue weighted by molar-refractivity contribution is -0.120. The fraction of sp³-hybridized carbons (Fsp3) is 0.321. The molecule has 0 spiro atoms. The minimum Gasteiger partial charge on any atom is -0.497 e. The number of anilines is 1. The molecule has 0 aromatic heterocycles. The molecule has 1 atom stereocenters. The Bertz CT molecular complexity index is 1060. The zero-order valence-corrected chi connectivity index (χ0v) is 19.8. The molecule has 0 saturated carbocycles. The first kappa shape index (κ1) is 22.9. The summed E-state index contributed by atoms with van der Waals surface area (Å²) in [7, 11) is 5.74. The van der Waals surface area contributed by atoms with Crippen LogP contribution in [0, 0.1) is 0 Å². The molecule has 0 unspecified atom stereocenters. The first-order chi connectivity index (χ1) is 16.0. The predicted octanol–water partition coefficient (Wildman–Crippen LogP) is 4.22. The Kier molecular flexibility index (Phi) is 7.30. The summed E-state index contributed by atoms with van der Waals surface area (Å²) in [6, 6.07) is 25.1. The normalized spacial score (nSPS) is 14.3. The summed E-state index contributed by atoms with van der Waals surface area (Å²) in [6.07, 6.45) is 1.39. The summed E-state index contributed by atoms with van der Waals surface area (Å²) < 4.78 is 5.21. The number of benzene rings is 3. The Hall–Kier alpha value is -3.31. The number of methoxy groups -OCH3 is 1. The molecule has 33 heavy (non-hydrogen) atoms. The molecule has 172 valence electrons. The second kappa shape index (κ2) is 10.5. The van der Waals surface area contributed by atoms with E-state index in [0.717, 1.165) is 30.8 Å². The van der Waals surface area contributed by atoms with Crippen LogP contribution in [-0.2, 0) is 24.2 Å². The van der Waals surface area contributed by atoms with Crippen molar-refractivity contribution in [2.75, 3.05) is 39.2 Å². The average Bonchev–Trinajstić information content (AvgIpc) is 2.85. The van der Waals surface area contributed by atoms with E-state index in [2.05, 4.69) is 63.6 Å². The number of carbonyl (C=O) groups excluding carboxylic acids is 1. The van der Waals surface area contributed by atoms with Crippen LogP contribution in [0.3, 0.4) is 0 Å². The predicted molar refractivity (Wildman–Crippen MR) is 134 cm³/mol. The van der Waals surface area contributed by atoms with Crippen molar-refractivity contribution in [1.29, 1.82) is 0 Å². The maximum absolute atomic E-state index is 12.8. The summed E-state index contributed by atoms with van der Waals surface area (Å²) >= 11 is 0. The van der Waals surface area contributed by atoms with Crippen molar-refractivity contribution in [3.05, 3.63) is 95.1 Å². The number of nitrogens with zero attached hydrogens (tertiary/aromatic N) is 2. The van der Waals surface area contributed by atoms with E-state index in [1.54, 1.807) is 7.11 Å². The van der Waals surface area contributed by atoms with E-state index in [9.17, 15) is 4.79 Å². The van der Waals surface area contributed by atoms with Gasteiger partial charge >= 0.3 is 0 Å². The summed E-state index contributed by atoms with van der Waals surface area (Å²) in [4.78, 5) is 17.4. The highest BCUT2D eigenvalue weighted by molar-refractivity contribution is 5.78. The van der Waals surface area contributed by atoms with Gasteiger partial charge in [-0.3, -0.25) is 9.69 Å². The summed E-state index contributed by atoms with van der Waals surface area (Å²) in [6.45, 7) is 2.45. The Balaban J connectivity index is 1.48. The second-order valence-electron chi connectivity index (χ2n) is 8.82. The average molecular weight is 444 g/mol. The molecule has 1 N–H and O–H groups in total. The van der Waals surface area contributed by atoms with E-state index >= 15 is 0 Å². The molecule has 0 saturated heterocycles. The number of fused-ring (bicyclic) bond motifs is 1. The van der Waals surface area contributed by atoms with Crippen LogP contribution in [0.1, 0.15) is 28.3 Å². The third kappa shape index (κ3) is 5.74. The SMILES string of the molecule is COc1ccc(CC(=O)NC[C@H](c2ccc(N(C)C)cc2)N2CCc3ccccc3C2)cc1. The van der Waals surface area contributed by atoms with Crippen LogP contribution in [0.25, 0.3) is 0 Å². The van der Waals surface area contributed by atoms with E-state index < -0.39 is 0 Å². The van der Waals surface area contributed by atoms with Gasteiger partial charge in [-0.25, -0.2) is 0 Å². The van der Waals surface area contributed by atoms with Crippen molar-refractivity contribution in [2.24, 2.45) is 0 Å². The van der Waals surface area contributed by atoms with E-state index in [1.807, 2.05) is 38.4 Å². The number of hydrogen-bond acceptors (Lipinski definition) is 4. The fourth-order valence-corrected chi connectivity index (χ4v) is 4.44. The highest BCUT2D eigenvalue weighted by Gasteiger charge is 2.25. The van der Waals surface area contributed by atoms with Crippen LogP contribution in [0.4, 0.5) is 5.69 Å². The van der Waals surface area contributed by atoms with E-state index in [1.165, 1.54) is 22.4 Å². The molecule has 1 amide bonds. The standard InChI is InChI=1S/C28H33N3O2/c1-30(2)25-12-10-23(11-13-25)27(31-17-16-22-6-4-5-7-24(22)20-31)19-29-28(32)18-21-8-14-26(33-3)15-9-21/h4-15,27H,16-20H2,1-3H3,(H,29,32)/t27-/m1/s1. The molecule has 0 fully saturated rings. The van der Waals surface area contributed by atoms with Crippen molar-refractivity contribution >= 4 is 11.6 Å². The Morgan fingerprint density at radius 1 is 1.00 bits per heavy atom. The molecule has 1 aliphatic rings. The van der Waals surface area contributed by atoms with Gasteiger partial charge in [-0.15, -0.1) is 0 Å². The van der Waals surface area contributed by atoms with Crippen LogP contribution < -0.4 is 15.0 Å². The van der Waals surface area contributed by atoms with Crippen molar-refractivity contribution in [3.63, 3.8) is 0 Å². The topological polar surface area (TPSA) is 44.8 Å². The molecule has 0 bridgehead atoms. The van der Waals surface area contributed by atoms with Crippen molar-refractivity contribution < 1.29 is 9.53 Å². The Morgan fingerprint density at radius 2 is 1.70 bits per heavy atom. The van der Waals surface area contributed by atoms with Crippen molar-refractivity contribution in [2.45, 2.75) is 25.4 Å². The summed E-state index contributed by atoms with van der Waals surface area (Å²) in [5.41, 5.74) is 6.18. The maximum atomic E-state index is 12.8. The number of nitrogens with one attached hydrogen (secondary N) is 1. The van der Waals surface area contributed by atoms with Gasteiger partial charge in [0, 0.05) is 39.4 Å². The Labute approximate surface area is 197 Å². The lowest BCUT2D eigenvalue weighted by Crippen LogP contribution is -2.41. The van der Waals surface area contributed by atoms with Crippen LogP contribution in [-0.4, -0.2) is 45.1 Å². The highest BCUT2D eigenvalue weighted by Crippen LogP contribution is 2.28. The number of ether oxygens (including phenoxy) is 1. The Morgan fingerprint density at radius 3 is 2.36 bits per heavy atom. The van der Waals surface area contributed by atoms with Gasteiger partial charge in [0.2, 0.25) is 5.91 Å². The van der Waals surface area contributed by atoms with Crippen LogP contribution >= 0.6 is 0 Å². The van der Waals surface area contributed by atoms with Crippen LogP contribution in [0.5, 0.6) is 5.75 Å². The molecular weight excluding hydrogens is 410 g/mol. The number of amides is 1. The molecule has 5 heteroatoms.